The highest BCUT2D eigenvalue weighted by atomic mass is 32.1. The highest BCUT2D eigenvalue weighted by molar-refractivity contribution is 7.14. The van der Waals surface area contributed by atoms with E-state index in [0.29, 0.717) is 17.7 Å². The van der Waals surface area contributed by atoms with Gasteiger partial charge in [0.1, 0.15) is 5.75 Å². The SMILES string of the molecule is CCOc1ccc(-c2csc(NC(=O)c3sccc3C3CC3)n2)cc1. The minimum atomic E-state index is -0.0514. The standard InChI is InChI=1S/C19H18N2O2S2/c1-2-23-14-7-5-13(6-8-14)16-11-25-19(20-16)21-18(22)17-15(9-10-24-17)12-3-4-12/h5-12H,2-4H2,1H3,(H,20,21,22). The van der Waals surface area contributed by atoms with Gasteiger partial charge >= 0.3 is 0 Å². The van der Waals surface area contributed by atoms with E-state index in [2.05, 4.69) is 16.4 Å². The minimum Gasteiger partial charge on any atom is -0.494 e. The number of benzene rings is 1. The second-order valence-corrected chi connectivity index (χ2v) is 7.70. The van der Waals surface area contributed by atoms with E-state index in [9.17, 15) is 4.79 Å². The fourth-order valence-electron chi connectivity index (χ4n) is 2.73. The molecule has 2 heterocycles. The van der Waals surface area contributed by atoms with E-state index in [1.807, 2.05) is 41.9 Å². The third kappa shape index (κ3) is 3.60. The van der Waals surface area contributed by atoms with Crippen LogP contribution >= 0.6 is 22.7 Å². The molecule has 1 amide bonds. The Morgan fingerprint density at radius 3 is 2.76 bits per heavy atom. The fraction of sp³-hybridized carbons (Fsp3) is 0.263. The number of nitrogens with zero attached hydrogens (tertiary/aromatic N) is 1. The van der Waals surface area contributed by atoms with E-state index in [4.69, 9.17) is 4.74 Å². The fourth-order valence-corrected chi connectivity index (χ4v) is 4.32. The maximum atomic E-state index is 12.5. The first-order valence-electron chi connectivity index (χ1n) is 8.32. The van der Waals surface area contributed by atoms with Gasteiger partial charge in [0, 0.05) is 10.9 Å². The van der Waals surface area contributed by atoms with Crippen LogP contribution in [0.4, 0.5) is 5.13 Å². The molecule has 2 aromatic heterocycles. The molecule has 0 spiro atoms. The van der Waals surface area contributed by atoms with Crippen molar-refractivity contribution in [2.24, 2.45) is 0 Å². The van der Waals surface area contributed by atoms with Crippen molar-refractivity contribution in [3.05, 3.63) is 51.5 Å². The monoisotopic (exact) mass is 370 g/mol. The molecule has 4 nitrogen and oxygen atoms in total. The second kappa shape index (κ2) is 6.98. The first kappa shape index (κ1) is 16.3. The molecule has 0 saturated heterocycles. The van der Waals surface area contributed by atoms with E-state index >= 15 is 0 Å². The molecule has 128 valence electrons. The summed E-state index contributed by atoms with van der Waals surface area (Å²) in [6.45, 7) is 2.61. The van der Waals surface area contributed by atoms with Gasteiger partial charge in [-0.05, 0) is 67.0 Å². The topological polar surface area (TPSA) is 51.2 Å². The summed E-state index contributed by atoms with van der Waals surface area (Å²) in [4.78, 5) is 17.9. The van der Waals surface area contributed by atoms with Crippen molar-refractivity contribution >= 4 is 33.7 Å². The van der Waals surface area contributed by atoms with Gasteiger partial charge in [0.2, 0.25) is 0 Å². The van der Waals surface area contributed by atoms with Crippen molar-refractivity contribution in [3.63, 3.8) is 0 Å². The van der Waals surface area contributed by atoms with Gasteiger partial charge in [0.25, 0.3) is 5.91 Å². The Bertz CT molecular complexity index is 879. The van der Waals surface area contributed by atoms with Gasteiger partial charge in [0.15, 0.2) is 5.13 Å². The van der Waals surface area contributed by atoms with Gasteiger partial charge in [-0.2, -0.15) is 0 Å². The van der Waals surface area contributed by atoms with Crippen LogP contribution in [0.2, 0.25) is 0 Å². The molecular formula is C19H18N2O2S2. The average molecular weight is 370 g/mol. The molecule has 1 aliphatic carbocycles. The molecule has 1 aromatic carbocycles. The third-order valence-electron chi connectivity index (χ3n) is 4.10. The van der Waals surface area contributed by atoms with Crippen LogP contribution in [0.1, 0.15) is 40.9 Å². The Balaban J connectivity index is 1.47. The summed E-state index contributed by atoms with van der Waals surface area (Å²) in [7, 11) is 0. The van der Waals surface area contributed by atoms with E-state index in [-0.39, 0.29) is 5.91 Å². The second-order valence-electron chi connectivity index (χ2n) is 5.93. The third-order valence-corrected chi connectivity index (χ3v) is 5.79. The summed E-state index contributed by atoms with van der Waals surface area (Å²) in [6.07, 6.45) is 2.38. The Morgan fingerprint density at radius 1 is 1.24 bits per heavy atom. The molecule has 1 aliphatic rings. The van der Waals surface area contributed by atoms with Crippen LogP contribution in [0.3, 0.4) is 0 Å². The summed E-state index contributed by atoms with van der Waals surface area (Å²) in [6, 6.07) is 9.91. The van der Waals surface area contributed by atoms with Crippen molar-refractivity contribution in [3.8, 4) is 17.0 Å². The summed E-state index contributed by atoms with van der Waals surface area (Å²) in [5.74, 6) is 1.37. The number of ether oxygens (including phenoxy) is 1. The number of carbonyl (C=O) groups is 1. The van der Waals surface area contributed by atoms with Crippen LogP contribution in [-0.2, 0) is 0 Å². The van der Waals surface area contributed by atoms with Crippen LogP contribution in [0, 0.1) is 0 Å². The summed E-state index contributed by atoms with van der Waals surface area (Å²) < 4.78 is 5.46. The smallest absolute Gasteiger partial charge is 0.267 e. The zero-order valence-electron chi connectivity index (χ0n) is 13.8. The maximum Gasteiger partial charge on any atom is 0.267 e. The summed E-state index contributed by atoms with van der Waals surface area (Å²) >= 11 is 2.95. The number of anilines is 1. The largest absolute Gasteiger partial charge is 0.494 e. The molecular weight excluding hydrogens is 352 g/mol. The Labute approximate surface area is 154 Å². The average Bonchev–Trinajstić information content (AvgIpc) is 3.16. The first-order chi connectivity index (χ1) is 12.2. The van der Waals surface area contributed by atoms with Crippen molar-refractivity contribution in [2.75, 3.05) is 11.9 Å². The van der Waals surface area contributed by atoms with Crippen molar-refractivity contribution in [2.45, 2.75) is 25.7 Å². The lowest BCUT2D eigenvalue weighted by molar-refractivity contribution is 0.102. The van der Waals surface area contributed by atoms with Gasteiger partial charge in [-0.3, -0.25) is 10.1 Å². The molecule has 0 bridgehead atoms. The molecule has 1 fully saturated rings. The van der Waals surface area contributed by atoms with Crippen LogP contribution in [0.5, 0.6) is 5.75 Å². The number of carbonyl (C=O) groups excluding carboxylic acids is 1. The highest BCUT2D eigenvalue weighted by Gasteiger charge is 2.29. The van der Waals surface area contributed by atoms with E-state index in [1.54, 1.807) is 0 Å². The van der Waals surface area contributed by atoms with Crippen molar-refractivity contribution in [1.82, 2.24) is 4.98 Å². The zero-order chi connectivity index (χ0) is 17.2. The number of thiazole rings is 1. The molecule has 0 aliphatic heterocycles. The molecule has 0 atom stereocenters. The molecule has 0 unspecified atom stereocenters. The van der Waals surface area contributed by atoms with Crippen molar-refractivity contribution < 1.29 is 9.53 Å². The minimum absolute atomic E-state index is 0.0514. The number of amides is 1. The number of aromatic nitrogens is 1. The number of rotatable bonds is 6. The predicted molar refractivity (Wildman–Crippen MR) is 103 cm³/mol. The van der Waals surface area contributed by atoms with Gasteiger partial charge in [0.05, 0.1) is 17.2 Å². The van der Waals surface area contributed by atoms with E-state index in [0.717, 1.165) is 21.9 Å². The number of hydrogen-bond donors (Lipinski definition) is 1. The molecule has 25 heavy (non-hydrogen) atoms. The highest BCUT2D eigenvalue weighted by Crippen LogP contribution is 2.43. The number of nitrogens with one attached hydrogen (secondary N) is 1. The first-order valence-corrected chi connectivity index (χ1v) is 10.1. The quantitative estimate of drug-likeness (QED) is 0.632. The maximum absolute atomic E-state index is 12.5. The molecule has 0 radical (unpaired) electrons. The molecule has 6 heteroatoms. The van der Waals surface area contributed by atoms with Crippen LogP contribution in [0.25, 0.3) is 11.3 Å². The Morgan fingerprint density at radius 2 is 2.04 bits per heavy atom. The lowest BCUT2D eigenvalue weighted by atomic mass is 10.1. The van der Waals surface area contributed by atoms with Gasteiger partial charge in [-0.1, -0.05) is 0 Å². The number of hydrogen-bond acceptors (Lipinski definition) is 5. The lowest BCUT2D eigenvalue weighted by Crippen LogP contribution is -2.11. The summed E-state index contributed by atoms with van der Waals surface area (Å²) in [5, 5.41) is 7.53. The van der Waals surface area contributed by atoms with E-state index < -0.39 is 0 Å². The normalized spacial score (nSPS) is 13.6. The van der Waals surface area contributed by atoms with Gasteiger partial charge in [-0.15, -0.1) is 22.7 Å². The van der Waals surface area contributed by atoms with Gasteiger partial charge in [-0.25, -0.2) is 4.98 Å². The van der Waals surface area contributed by atoms with Crippen LogP contribution in [0.15, 0.2) is 41.1 Å². The van der Waals surface area contributed by atoms with E-state index in [1.165, 1.54) is 41.1 Å². The zero-order valence-corrected chi connectivity index (χ0v) is 15.5. The molecule has 4 rings (SSSR count). The number of thiophene rings is 1. The Kier molecular flexibility index (Phi) is 4.55. The van der Waals surface area contributed by atoms with Crippen LogP contribution in [-0.4, -0.2) is 17.5 Å². The molecule has 1 N–H and O–H groups in total. The molecule has 1 saturated carbocycles. The van der Waals surface area contributed by atoms with Crippen LogP contribution < -0.4 is 10.1 Å². The predicted octanol–water partition coefficient (Wildman–Crippen LogP) is 5.40. The Hall–Kier alpha value is -2.18. The molecule has 3 aromatic rings. The summed E-state index contributed by atoms with van der Waals surface area (Å²) in [5.41, 5.74) is 3.05. The van der Waals surface area contributed by atoms with Gasteiger partial charge < -0.3 is 4.74 Å². The lowest BCUT2D eigenvalue weighted by Gasteiger charge is -2.03. The van der Waals surface area contributed by atoms with Crippen molar-refractivity contribution in [1.29, 1.82) is 0 Å².